The van der Waals surface area contributed by atoms with Crippen LogP contribution in [-0.4, -0.2) is 20.9 Å². The number of hydrogen-bond donors (Lipinski definition) is 1. The Morgan fingerprint density at radius 2 is 2.07 bits per heavy atom. The van der Waals surface area contributed by atoms with Crippen molar-refractivity contribution < 1.29 is 18.0 Å². The molecule has 2 nitrogen and oxygen atoms in total. The van der Waals surface area contributed by atoms with Gasteiger partial charge >= 0.3 is 89.6 Å². The van der Waals surface area contributed by atoms with Crippen LogP contribution in [0.2, 0.25) is 5.32 Å². The maximum absolute atomic E-state index is 12.4. The van der Waals surface area contributed by atoms with Gasteiger partial charge in [-0.05, 0) is 0 Å². The molecule has 0 atom stereocenters. The molecule has 1 heterocycles. The summed E-state index contributed by atoms with van der Waals surface area (Å²) < 4.78 is 37.7. The first kappa shape index (κ1) is 10.5. The van der Waals surface area contributed by atoms with Crippen molar-refractivity contribution in [2.24, 2.45) is 0 Å². The number of nitrogens with one attached hydrogen (secondary N) is 1. The van der Waals surface area contributed by atoms with E-state index < -0.39 is 11.7 Å². The average molecular weight is 280 g/mol. The van der Waals surface area contributed by atoms with E-state index in [1.54, 1.807) is 0 Å². The van der Waals surface area contributed by atoms with Crippen molar-refractivity contribution in [2.75, 3.05) is 5.32 Å². The van der Waals surface area contributed by atoms with E-state index in [0.717, 1.165) is 12.1 Å². The SMILES string of the molecule is O=C1C[Se]c2cc(C(F)(F)F)ccc2N1. The molecule has 0 unspecified atom stereocenters. The van der Waals surface area contributed by atoms with Gasteiger partial charge in [0.1, 0.15) is 0 Å². The Balaban J connectivity index is 2.39. The summed E-state index contributed by atoms with van der Waals surface area (Å²) in [6.45, 7) is 0. The van der Waals surface area contributed by atoms with E-state index in [0.29, 0.717) is 15.5 Å². The summed E-state index contributed by atoms with van der Waals surface area (Å²) >= 11 is -0.196. The van der Waals surface area contributed by atoms with Gasteiger partial charge in [-0.3, -0.25) is 0 Å². The Bertz CT molecular complexity index is 416. The summed E-state index contributed by atoms with van der Waals surface area (Å²) in [6.07, 6.45) is -4.31. The number of amides is 1. The van der Waals surface area contributed by atoms with Crippen molar-refractivity contribution in [1.29, 1.82) is 0 Å². The summed E-state index contributed by atoms with van der Waals surface area (Å²) in [7, 11) is 0. The fourth-order valence-corrected chi connectivity index (χ4v) is 3.02. The Morgan fingerprint density at radius 3 is 2.73 bits per heavy atom. The van der Waals surface area contributed by atoms with Crippen LogP contribution in [-0.2, 0) is 11.0 Å². The van der Waals surface area contributed by atoms with E-state index in [9.17, 15) is 18.0 Å². The number of alkyl halides is 3. The van der Waals surface area contributed by atoms with Crippen LogP contribution in [0.1, 0.15) is 5.56 Å². The van der Waals surface area contributed by atoms with Gasteiger partial charge in [-0.15, -0.1) is 0 Å². The van der Waals surface area contributed by atoms with Crippen LogP contribution in [0, 0.1) is 0 Å². The van der Waals surface area contributed by atoms with Crippen LogP contribution in [0.4, 0.5) is 18.9 Å². The molecule has 1 amide bonds. The number of benzene rings is 1. The molecule has 0 fully saturated rings. The number of hydrogen-bond acceptors (Lipinski definition) is 1. The van der Waals surface area contributed by atoms with Crippen LogP contribution >= 0.6 is 0 Å². The van der Waals surface area contributed by atoms with E-state index in [2.05, 4.69) is 5.32 Å². The fraction of sp³-hybridized carbons (Fsp3) is 0.222. The van der Waals surface area contributed by atoms with Gasteiger partial charge in [0.15, 0.2) is 0 Å². The van der Waals surface area contributed by atoms with Crippen molar-refractivity contribution in [2.45, 2.75) is 11.5 Å². The van der Waals surface area contributed by atoms with Gasteiger partial charge in [0.2, 0.25) is 0 Å². The number of carbonyl (C=O) groups excluding carboxylic acids is 1. The van der Waals surface area contributed by atoms with Crippen molar-refractivity contribution in [3.05, 3.63) is 23.8 Å². The van der Waals surface area contributed by atoms with Gasteiger partial charge in [-0.1, -0.05) is 0 Å². The van der Waals surface area contributed by atoms with Crippen molar-refractivity contribution in [3.63, 3.8) is 0 Å². The Kier molecular flexibility index (Phi) is 2.48. The summed E-state index contributed by atoms with van der Waals surface area (Å²) in [5.41, 5.74) is -0.140. The second kappa shape index (κ2) is 3.54. The van der Waals surface area contributed by atoms with E-state index in [4.69, 9.17) is 0 Å². The molecule has 80 valence electrons. The first-order valence-electron chi connectivity index (χ1n) is 4.11. The van der Waals surface area contributed by atoms with Crippen LogP contribution in [0.5, 0.6) is 0 Å². The van der Waals surface area contributed by atoms with Gasteiger partial charge in [0.05, 0.1) is 0 Å². The molecule has 1 N–H and O–H groups in total. The van der Waals surface area contributed by atoms with Gasteiger partial charge < -0.3 is 0 Å². The average Bonchev–Trinajstić information content (AvgIpc) is 2.15. The minimum atomic E-state index is -4.31. The zero-order valence-electron chi connectivity index (χ0n) is 7.39. The molecule has 0 bridgehead atoms. The fourth-order valence-electron chi connectivity index (χ4n) is 1.25. The van der Waals surface area contributed by atoms with Crippen LogP contribution < -0.4 is 9.78 Å². The third-order valence-corrected chi connectivity index (χ3v) is 4.16. The van der Waals surface area contributed by atoms with Crippen molar-refractivity contribution in [3.8, 4) is 0 Å². The summed E-state index contributed by atoms with van der Waals surface area (Å²) in [4.78, 5) is 11.0. The van der Waals surface area contributed by atoms with Crippen LogP contribution in [0.3, 0.4) is 0 Å². The molecule has 0 saturated heterocycles. The molecule has 15 heavy (non-hydrogen) atoms. The topological polar surface area (TPSA) is 29.1 Å². The number of carbonyl (C=O) groups is 1. The maximum atomic E-state index is 12.4. The third kappa shape index (κ3) is 2.16. The Morgan fingerprint density at radius 1 is 1.33 bits per heavy atom. The second-order valence-corrected chi connectivity index (χ2v) is 5.18. The molecular formula is C9H6F3NOSe. The Hall–Kier alpha value is -1.00. The molecule has 0 spiro atoms. The molecule has 0 radical (unpaired) electrons. The van der Waals surface area contributed by atoms with E-state index >= 15 is 0 Å². The van der Waals surface area contributed by atoms with Gasteiger partial charge in [-0.2, -0.15) is 0 Å². The molecular weight excluding hydrogens is 274 g/mol. The summed E-state index contributed by atoms with van der Waals surface area (Å²) in [5, 5.41) is 2.85. The summed E-state index contributed by atoms with van der Waals surface area (Å²) in [5.74, 6) is -0.123. The number of halogens is 3. The molecule has 6 heteroatoms. The van der Waals surface area contributed by atoms with E-state index in [-0.39, 0.29) is 20.9 Å². The van der Waals surface area contributed by atoms with Gasteiger partial charge in [0.25, 0.3) is 0 Å². The van der Waals surface area contributed by atoms with Gasteiger partial charge in [0, 0.05) is 0 Å². The number of rotatable bonds is 0. The van der Waals surface area contributed by atoms with Gasteiger partial charge in [-0.25, -0.2) is 0 Å². The first-order chi connectivity index (χ1) is 6.97. The molecule has 0 aromatic heterocycles. The quantitative estimate of drug-likeness (QED) is 0.715. The molecule has 0 saturated carbocycles. The molecule has 0 aliphatic carbocycles. The van der Waals surface area contributed by atoms with Crippen molar-refractivity contribution >= 4 is 31.0 Å². The standard InChI is InChI=1S/C9H6F3NOSe/c10-9(11,12)5-1-2-6-7(3-5)15-4-8(14)13-6/h1-3H,4H2,(H,13,14). The van der Waals surface area contributed by atoms with Crippen molar-refractivity contribution in [1.82, 2.24) is 0 Å². The van der Waals surface area contributed by atoms with Crippen LogP contribution in [0.15, 0.2) is 18.2 Å². The summed E-state index contributed by atoms with van der Waals surface area (Å²) in [6, 6.07) is 3.42. The first-order valence-corrected chi connectivity index (χ1v) is 6.17. The number of fused-ring (bicyclic) bond motifs is 1. The monoisotopic (exact) mass is 281 g/mol. The number of anilines is 1. The van der Waals surface area contributed by atoms with E-state index in [1.807, 2.05) is 0 Å². The Labute approximate surface area is 90.0 Å². The predicted molar refractivity (Wildman–Crippen MR) is 50.3 cm³/mol. The second-order valence-electron chi connectivity index (χ2n) is 3.05. The molecule has 2 rings (SSSR count). The zero-order chi connectivity index (χ0) is 11.1. The minimum absolute atomic E-state index is 0.123. The third-order valence-electron chi connectivity index (χ3n) is 1.94. The molecule has 1 aromatic rings. The predicted octanol–water partition coefficient (Wildman–Crippen LogP) is 1.41. The molecule has 1 aromatic carbocycles. The normalized spacial score (nSPS) is 15.8. The van der Waals surface area contributed by atoms with Crippen LogP contribution in [0.25, 0.3) is 0 Å². The zero-order valence-corrected chi connectivity index (χ0v) is 9.10. The van der Waals surface area contributed by atoms with E-state index in [1.165, 1.54) is 6.07 Å². The molecule has 1 aliphatic heterocycles. The molecule has 1 aliphatic rings.